The van der Waals surface area contributed by atoms with Gasteiger partial charge in [0.2, 0.25) is 0 Å². The zero-order valence-corrected chi connectivity index (χ0v) is 22.3. The molecule has 8 nitrogen and oxygen atoms in total. The normalized spacial score (nSPS) is 11.6. The topological polar surface area (TPSA) is 118 Å². The van der Waals surface area contributed by atoms with E-state index >= 15 is 0 Å². The third-order valence-corrected chi connectivity index (χ3v) is 7.51. The molecule has 5 aromatic rings. The van der Waals surface area contributed by atoms with Gasteiger partial charge < -0.3 is 9.84 Å². The van der Waals surface area contributed by atoms with Crippen molar-refractivity contribution in [2.45, 2.75) is 19.6 Å². The minimum absolute atomic E-state index is 0.0468. The molecule has 0 atom stereocenters. The molecule has 0 radical (unpaired) electrons. The first-order valence-electron chi connectivity index (χ1n) is 11.7. The fourth-order valence-electron chi connectivity index (χ4n) is 4.41. The number of carboxylic acid groups (broad SMARTS) is 1. The van der Waals surface area contributed by atoms with Gasteiger partial charge in [-0.1, -0.05) is 11.6 Å². The molecular weight excluding hydrogens is 588 g/mol. The number of hydrogen-bond donors (Lipinski definition) is 1. The number of ether oxygens (including phenoxy) is 1. The van der Waals surface area contributed by atoms with Crippen molar-refractivity contribution >= 4 is 50.0 Å². The molecule has 0 spiro atoms. The summed E-state index contributed by atoms with van der Waals surface area (Å²) in [5.41, 5.74) is -2.59. The van der Waals surface area contributed by atoms with Gasteiger partial charge in [-0.15, -0.1) is 11.3 Å². The van der Waals surface area contributed by atoms with Crippen molar-refractivity contribution in [2.75, 3.05) is 6.61 Å². The lowest BCUT2D eigenvalue weighted by Crippen LogP contribution is -2.28. The van der Waals surface area contributed by atoms with Crippen LogP contribution in [-0.2, 0) is 12.7 Å². The second kappa shape index (κ2) is 10.5. The Bertz CT molecular complexity index is 1980. The Kier molecular flexibility index (Phi) is 7.14. The fraction of sp³-hybridized carbons (Fsp3) is 0.148. The van der Waals surface area contributed by atoms with Crippen LogP contribution in [0.4, 0.5) is 17.6 Å². The number of aromatic carboxylic acids is 1. The Hall–Kier alpha value is -4.54. The molecule has 208 valence electrons. The highest BCUT2D eigenvalue weighted by Gasteiger charge is 2.37. The van der Waals surface area contributed by atoms with Gasteiger partial charge in [0, 0.05) is 27.7 Å². The summed E-state index contributed by atoms with van der Waals surface area (Å²) in [6.07, 6.45) is -3.63. The van der Waals surface area contributed by atoms with Crippen LogP contribution in [0.15, 0.2) is 46.7 Å². The number of carbonyl (C=O) groups is 1. The van der Waals surface area contributed by atoms with Crippen molar-refractivity contribution in [3.63, 3.8) is 0 Å². The number of benzene rings is 2. The van der Waals surface area contributed by atoms with E-state index in [1.54, 1.807) is 24.3 Å². The summed E-state index contributed by atoms with van der Waals surface area (Å²) in [5, 5.41) is 20.2. The maximum absolute atomic E-state index is 14.7. The SMILES string of the molecule is Cc1nc2c(F)c(C(F)(F)F)cc(C#N)c2c(=O)n1CCOc1ccc(Cl)cc1-c1ccnc2c(C(=O)O)csc12. The van der Waals surface area contributed by atoms with Crippen LogP contribution >= 0.6 is 22.9 Å². The Morgan fingerprint density at radius 3 is 2.66 bits per heavy atom. The third kappa shape index (κ3) is 4.96. The Labute approximate surface area is 236 Å². The lowest BCUT2D eigenvalue weighted by Gasteiger charge is -2.16. The molecule has 3 heterocycles. The molecule has 0 bridgehead atoms. The van der Waals surface area contributed by atoms with Crippen LogP contribution in [0.1, 0.15) is 27.3 Å². The van der Waals surface area contributed by atoms with Gasteiger partial charge in [0.15, 0.2) is 5.82 Å². The van der Waals surface area contributed by atoms with E-state index in [-0.39, 0.29) is 24.5 Å². The maximum Gasteiger partial charge on any atom is 0.419 e. The molecule has 1 N–H and O–H groups in total. The number of rotatable bonds is 6. The van der Waals surface area contributed by atoms with Gasteiger partial charge >= 0.3 is 12.1 Å². The molecule has 0 fully saturated rings. The van der Waals surface area contributed by atoms with Gasteiger partial charge in [0.25, 0.3) is 5.56 Å². The van der Waals surface area contributed by atoms with E-state index in [9.17, 15) is 37.5 Å². The lowest BCUT2D eigenvalue weighted by atomic mass is 10.0. The molecule has 0 amide bonds. The third-order valence-electron chi connectivity index (χ3n) is 6.28. The van der Waals surface area contributed by atoms with E-state index < -0.39 is 45.6 Å². The molecular formula is C27H15ClF4N4O4S. The summed E-state index contributed by atoms with van der Waals surface area (Å²) < 4.78 is 62.2. The summed E-state index contributed by atoms with van der Waals surface area (Å²) in [4.78, 5) is 32.9. The first-order chi connectivity index (χ1) is 19.4. The minimum atomic E-state index is -5.09. The quantitative estimate of drug-likeness (QED) is 0.222. The van der Waals surface area contributed by atoms with Crippen molar-refractivity contribution < 1.29 is 32.2 Å². The highest BCUT2D eigenvalue weighted by molar-refractivity contribution is 7.18. The monoisotopic (exact) mass is 602 g/mol. The number of alkyl halides is 3. The van der Waals surface area contributed by atoms with E-state index in [1.807, 2.05) is 0 Å². The molecule has 0 unspecified atom stereocenters. The second-order valence-corrected chi connectivity index (χ2v) is 10.0. The summed E-state index contributed by atoms with van der Waals surface area (Å²) in [5.74, 6) is -2.60. The number of halogens is 5. The standard InChI is InChI=1S/C27H15ClF4N4O4S/c1-12-35-23-20(13(10-33)8-18(21(23)29)27(30,31)32)25(37)36(12)6-7-40-19-3-2-14(28)9-16(19)15-4-5-34-22-17(26(38)39)11-41-24(15)22/h2-5,8-9,11H,6-7H2,1H3,(H,38,39). The van der Waals surface area contributed by atoms with E-state index in [2.05, 4.69) is 9.97 Å². The zero-order valence-electron chi connectivity index (χ0n) is 20.7. The van der Waals surface area contributed by atoms with Crippen molar-refractivity contribution in [1.29, 1.82) is 5.26 Å². The zero-order chi connectivity index (χ0) is 29.6. The number of fused-ring (bicyclic) bond motifs is 2. The molecule has 3 aromatic heterocycles. The van der Waals surface area contributed by atoms with E-state index in [0.29, 0.717) is 38.2 Å². The van der Waals surface area contributed by atoms with Crippen molar-refractivity contribution in [3.8, 4) is 22.9 Å². The van der Waals surface area contributed by atoms with Crippen molar-refractivity contribution in [3.05, 3.63) is 85.6 Å². The van der Waals surface area contributed by atoms with E-state index in [4.69, 9.17) is 16.3 Å². The lowest BCUT2D eigenvalue weighted by molar-refractivity contribution is -0.139. The van der Waals surface area contributed by atoms with Crippen LogP contribution in [0.3, 0.4) is 0 Å². The van der Waals surface area contributed by atoms with Crippen LogP contribution in [-0.4, -0.2) is 32.2 Å². The van der Waals surface area contributed by atoms with E-state index in [0.717, 1.165) is 4.57 Å². The molecule has 2 aromatic carbocycles. The predicted molar refractivity (Wildman–Crippen MR) is 143 cm³/mol. The summed E-state index contributed by atoms with van der Waals surface area (Å²) in [7, 11) is 0. The van der Waals surface area contributed by atoms with Gasteiger partial charge in [0.05, 0.1) is 38.8 Å². The number of nitrogens with zero attached hydrogens (tertiary/aromatic N) is 4. The molecule has 14 heteroatoms. The number of carboxylic acids is 1. The van der Waals surface area contributed by atoms with Gasteiger partial charge in [-0.05, 0) is 37.3 Å². The molecule has 0 aliphatic rings. The maximum atomic E-state index is 14.7. The molecule has 5 rings (SSSR count). The number of pyridine rings is 1. The van der Waals surface area contributed by atoms with Crippen LogP contribution in [0.2, 0.25) is 5.02 Å². The first-order valence-corrected chi connectivity index (χ1v) is 12.9. The number of thiophene rings is 1. The average Bonchev–Trinajstić information content (AvgIpc) is 3.36. The van der Waals surface area contributed by atoms with Crippen LogP contribution in [0, 0.1) is 24.1 Å². The van der Waals surface area contributed by atoms with Gasteiger partial charge in [0.1, 0.15) is 29.8 Å². The largest absolute Gasteiger partial charge is 0.491 e. The molecule has 0 saturated heterocycles. The highest BCUT2D eigenvalue weighted by atomic mass is 35.5. The number of hydrogen-bond acceptors (Lipinski definition) is 7. The minimum Gasteiger partial charge on any atom is -0.491 e. The number of aromatic nitrogens is 3. The van der Waals surface area contributed by atoms with Gasteiger partial charge in [-0.3, -0.25) is 14.3 Å². The molecule has 41 heavy (non-hydrogen) atoms. The summed E-state index contributed by atoms with van der Waals surface area (Å²) in [6, 6.07) is 8.30. The fourth-order valence-corrected chi connectivity index (χ4v) is 5.61. The molecule has 0 saturated carbocycles. The molecule has 0 aliphatic carbocycles. The molecule has 0 aliphatic heterocycles. The Morgan fingerprint density at radius 1 is 1.22 bits per heavy atom. The average molecular weight is 603 g/mol. The smallest absolute Gasteiger partial charge is 0.419 e. The Morgan fingerprint density at radius 2 is 1.98 bits per heavy atom. The summed E-state index contributed by atoms with van der Waals surface area (Å²) in [6.45, 7) is 1.05. The number of aryl methyl sites for hydroxylation is 1. The highest BCUT2D eigenvalue weighted by Crippen LogP contribution is 2.40. The number of nitriles is 1. The van der Waals surface area contributed by atoms with Gasteiger partial charge in [-0.25, -0.2) is 14.2 Å². The Balaban J connectivity index is 1.51. The van der Waals surface area contributed by atoms with Crippen LogP contribution < -0.4 is 10.3 Å². The van der Waals surface area contributed by atoms with Crippen molar-refractivity contribution in [2.24, 2.45) is 0 Å². The van der Waals surface area contributed by atoms with Crippen LogP contribution in [0.5, 0.6) is 5.75 Å². The van der Waals surface area contributed by atoms with Crippen LogP contribution in [0.25, 0.3) is 32.2 Å². The first kappa shape index (κ1) is 28.0. The second-order valence-electron chi connectivity index (χ2n) is 8.71. The van der Waals surface area contributed by atoms with Gasteiger partial charge in [-0.2, -0.15) is 18.4 Å². The van der Waals surface area contributed by atoms with E-state index in [1.165, 1.54) is 35.9 Å². The summed E-state index contributed by atoms with van der Waals surface area (Å²) >= 11 is 7.43. The predicted octanol–water partition coefficient (Wildman–Crippen LogP) is 6.44. The van der Waals surface area contributed by atoms with Crippen molar-refractivity contribution in [1.82, 2.24) is 14.5 Å².